The van der Waals surface area contributed by atoms with Crippen molar-refractivity contribution in [1.29, 1.82) is 0 Å². The summed E-state index contributed by atoms with van der Waals surface area (Å²) in [6, 6.07) is 3.87. The van der Waals surface area contributed by atoms with Crippen LogP contribution in [0.3, 0.4) is 0 Å². The molecule has 11 nitrogen and oxygen atoms in total. The SMILES string of the molecule is C=C[C@@H]1C[C@]1(NC(=O)C1CC(OC(=O)N2Cc3cccc(F)c3C2)CN1C(=O)CCCC(=O)C#CC(C)(C)C)C(=C)C.CC(C)(C)OC(N)=O.CC1CC1.[HH].[HH].[HH]. The standard InChI is InChI=1S/C33H40FN3O5.C5H11NO2.C4H8.3H2/c1-7-23-17-33(23,21(2)3)35-30(40)28-16-25(42-31(41)36-18-22-10-8-12-27(34)26(22)20-36)19-37(28)29(39)13-9-11-24(38)14-15-32(4,5)6;1-5(2,3)8-4(6)7;1-4-2-3-4;;;/h7-8,10,12,23,25,28H,1-2,9,11,13,16-20H2,3-6H3,(H,35,40);1-3H3,(H2,6,7);4H,2-3H2,1H3;3*1H/t23-,25?,28?,33+;;;;;/m1...../s1. The minimum atomic E-state index is -0.859. The third-order valence-electron chi connectivity index (χ3n) is 9.39. The van der Waals surface area contributed by atoms with Gasteiger partial charge in [-0.3, -0.25) is 19.3 Å². The summed E-state index contributed by atoms with van der Waals surface area (Å²) in [6.45, 7) is 23.4. The molecule has 3 N–H and O–H groups in total. The molecule has 1 aromatic carbocycles. The van der Waals surface area contributed by atoms with E-state index in [1.165, 1.54) is 28.7 Å². The predicted molar refractivity (Wildman–Crippen MR) is 211 cm³/mol. The highest BCUT2D eigenvalue weighted by Gasteiger charge is 2.55. The number of nitrogens with two attached hydrogens (primary N) is 1. The van der Waals surface area contributed by atoms with Crippen LogP contribution >= 0.6 is 0 Å². The largest absolute Gasteiger partial charge is 0.444 e. The second-order valence-corrected chi connectivity index (χ2v) is 16.8. The van der Waals surface area contributed by atoms with Crippen LogP contribution in [0.5, 0.6) is 0 Å². The maximum Gasteiger partial charge on any atom is 0.410 e. The van der Waals surface area contributed by atoms with Crippen LogP contribution in [0, 0.1) is 34.9 Å². The lowest BCUT2D eigenvalue weighted by molar-refractivity contribution is -0.139. The number of hydrogen-bond acceptors (Lipinski definition) is 7. The van der Waals surface area contributed by atoms with Crippen LogP contribution in [0.4, 0.5) is 14.0 Å². The Labute approximate surface area is 324 Å². The molecule has 12 heteroatoms. The number of halogens is 1. The van der Waals surface area contributed by atoms with Crippen LogP contribution in [0.1, 0.15) is 116 Å². The highest BCUT2D eigenvalue weighted by Crippen LogP contribution is 2.49. The Morgan fingerprint density at radius 2 is 1.76 bits per heavy atom. The van der Waals surface area contributed by atoms with Gasteiger partial charge in [0.2, 0.25) is 17.6 Å². The number of nitrogens with zero attached hydrogens (tertiary/aromatic N) is 2. The molecule has 0 aromatic heterocycles. The van der Waals surface area contributed by atoms with Gasteiger partial charge in [-0.15, -0.1) is 6.58 Å². The van der Waals surface area contributed by atoms with Crippen molar-refractivity contribution < 1.29 is 42.1 Å². The molecule has 0 bridgehead atoms. The molecular formula is C42H65FN4O7. The van der Waals surface area contributed by atoms with E-state index in [4.69, 9.17) is 10.5 Å². The van der Waals surface area contributed by atoms with Gasteiger partial charge in [-0.05, 0) is 84.8 Å². The van der Waals surface area contributed by atoms with Gasteiger partial charge in [-0.2, -0.15) is 0 Å². The summed E-state index contributed by atoms with van der Waals surface area (Å²) in [5.74, 6) is 5.40. The molecule has 2 aliphatic carbocycles. The van der Waals surface area contributed by atoms with Crippen molar-refractivity contribution in [2.75, 3.05) is 6.54 Å². The molecule has 1 saturated heterocycles. The molecule has 5 rings (SSSR count). The summed E-state index contributed by atoms with van der Waals surface area (Å²) in [6.07, 6.45) is 3.96. The van der Waals surface area contributed by atoms with Crippen LogP contribution < -0.4 is 11.1 Å². The van der Waals surface area contributed by atoms with Gasteiger partial charge in [0.25, 0.3) is 0 Å². The molecule has 54 heavy (non-hydrogen) atoms. The molecule has 0 spiro atoms. The van der Waals surface area contributed by atoms with Crippen molar-refractivity contribution in [3.63, 3.8) is 0 Å². The molecule has 4 aliphatic rings. The first-order valence-corrected chi connectivity index (χ1v) is 18.7. The summed E-state index contributed by atoms with van der Waals surface area (Å²) in [5, 5.41) is 3.08. The van der Waals surface area contributed by atoms with Gasteiger partial charge in [0.1, 0.15) is 23.6 Å². The number of benzene rings is 1. The summed E-state index contributed by atoms with van der Waals surface area (Å²) in [7, 11) is 0. The Morgan fingerprint density at radius 3 is 2.24 bits per heavy atom. The number of carbonyl (C=O) groups excluding carboxylic acids is 5. The van der Waals surface area contributed by atoms with E-state index in [2.05, 4.69) is 42.0 Å². The van der Waals surface area contributed by atoms with Crippen molar-refractivity contribution in [3.8, 4) is 11.8 Å². The van der Waals surface area contributed by atoms with Gasteiger partial charge in [0.05, 0.1) is 18.6 Å². The first-order chi connectivity index (χ1) is 25.0. The summed E-state index contributed by atoms with van der Waals surface area (Å²) >= 11 is 0. The minimum absolute atomic E-state index is 0. The van der Waals surface area contributed by atoms with Gasteiger partial charge in [-0.25, -0.2) is 14.0 Å². The van der Waals surface area contributed by atoms with Gasteiger partial charge in [-0.1, -0.05) is 56.0 Å². The van der Waals surface area contributed by atoms with Crippen molar-refractivity contribution in [1.82, 2.24) is 15.1 Å². The minimum Gasteiger partial charge on any atom is -0.444 e. The third kappa shape index (κ3) is 13.3. The quantitative estimate of drug-likeness (QED) is 0.149. The molecule has 2 heterocycles. The van der Waals surface area contributed by atoms with E-state index in [0.29, 0.717) is 12.0 Å². The van der Waals surface area contributed by atoms with Crippen molar-refractivity contribution in [2.24, 2.45) is 23.0 Å². The van der Waals surface area contributed by atoms with Gasteiger partial charge in [0.15, 0.2) is 0 Å². The number of hydrogen-bond donors (Lipinski definition) is 2. The number of Topliss-reactive ketones (excluding diaryl/α,β-unsaturated/α-hetero) is 1. The third-order valence-corrected chi connectivity index (χ3v) is 9.39. The number of amides is 4. The zero-order valence-electron chi connectivity index (χ0n) is 33.3. The lowest BCUT2D eigenvalue weighted by Gasteiger charge is -2.27. The van der Waals surface area contributed by atoms with Crippen LogP contribution in [0.15, 0.2) is 43.0 Å². The van der Waals surface area contributed by atoms with Crippen LogP contribution in [-0.2, 0) is 36.9 Å². The van der Waals surface area contributed by atoms with Crippen molar-refractivity contribution in [3.05, 3.63) is 60.0 Å². The summed E-state index contributed by atoms with van der Waals surface area (Å²) < 4.78 is 24.5. The van der Waals surface area contributed by atoms with Gasteiger partial charge >= 0.3 is 12.2 Å². The highest BCUT2D eigenvalue weighted by molar-refractivity contribution is 5.96. The van der Waals surface area contributed by atoms with E-state index in [0.717, 1.165) is 17.1 Å². The molecule has 3 fully saturated rings. The molecule has 302 valence electrons. The maximum atomic E-state index is 14.2. The van der Waals surface area contributed by atoms with Gasteiger partial charge < -0.3 is 25.4 Å². The Kier molecular flexibility index (Phi) is 14.7. The van der Waals surface area contributed by atoms with Gasteiger partial charge in [0, 0.05) is 47.0 Å². The smallest absolute Gasteiger partial charge is 0.410 e. The molecular weight excluding hydrogens is 691 g/mol. The molecule has 0 radical (unpaired) electrons. The highest BCUT2D eigenvalue weighted by atomic mass is 19.1. The summed E-state index contributed by atoms with van der Waals surface area (Å²) in [5.41, 5.74) is 5.35. The number of ketones is 1. The Bertz CT molecular complexity index is 1680. The number of fused-ring (bicyclic) bond motifs is 1. The fourth-order valence-electron chi connectivity index (χ4n) is 6.08. The zero-order chi connectivity index (χ0) is 40.6. The topological polar surface area (TPSA) is 148 Å². The first-order valence-electron chi connectivity index (χ1n) is 18.7. The Hall–Kier alpha value is -4.66. The number of carbonyl (C=O) groups is 5. The van der Waals surface area contributed by atoms with Crippen LogP contribution in [0.25, 0.3) is 0 Å². The van der Waals surface area contributed by atoms with Crippen LogP contribution in [0.2, 0.25) is 0 Å². The average Bonchev–Trinajstić information content (AvgIpc) is 3.88. The number of rotatable bonds is 9. The monoisotopic (exact) mass is 756 g/mol. The normalized spacial score (nSPS) is 22.4. The lowest BCUT2D eigenvalue weighted by Crippen LogP contribution is -2.50. The second-order valence-electron chi connectivity index (χ2n) is 16.8. The van der Waals surface area contributed by atoms with Crippen molar-refractivity contribution >= 4 is 29.8 Å². The van der Waals surface area contributed by atoms with E-state index in [9.17, 15) is 28.4 Å². The van der Waals surface area contributed by atoms with E-state index in [-0.39, 0.29) is 84.3 Å². The molecule has 4 atom stereocenters. The number of nitrogens with one attached hydrogen (secondary N) is 1. The van der Waals surface area contributed by atoms with E-state index >= 15 is 0 Å². The molecule has 2 aliphatic heterocycles. The molecule has 4 amide bonds. The second kappa shape index (κ2) is 18.1. The Morgan fingerprint density at radius 1 is 1.11 bits per heavy atom. The fourth-order valence-corrected chi connectivity index (χ4v) is 6.08. The van der Waals surface area contributed by atoms with Crippen molar-refractivity contribution in [2.45, 2.75) is 137 Å². The number of primary amides is 1. The summed E-state index contributed by atoms with van der Waals surface area (Å²) in [4.78, 5) is 65.0. The average molecular weight is 757 g/mol. The Balaban J connectivity index is 0.00000180. The molecule has 2 unspecified atom stereocenters. The van der Waals surface area contributed by atoms with E-state index < -0.39 is 35.5 Å². The number of ether oxygens (including phenoxy) is 2. The molecule has 1 aromatic rings. The zero-order valence-corrected chi connectivity index (χ0v) is 33.3. The number of likely N-dealkylation sites (tertiary alicyclic amines) is 1. The van der Waals surface area contributed by atoms with E-state index in [1.807, 2.05) is 27.7 Å². The van der Waals surface area contributed by atoms with E-state index in [1.54, 1.807) is 39.0 Å². The lowest BCUT2D eigenvalue weighted by atomic mass is 9.97. The molecule has 2 saturated carbocycles. The fraction of sp³-hybridized carbons (Fsp3) is 0.595. The predicted octanol–water partition coefficient (Wildman–Crippen LogP) is 7.71. The first kappa shape index (κ1) is 43.7. The maximum absolute atomic E-state index is 14.2. The van der Waals surface area contributed by atoms with Crippen LogP contribution in [-0.4, -0.2) is 69.4 Å².